The SMILES string of the molecule is Cn1c(C(=O)O)c(Cc2cccnc2)c2ccccc21. The first kappa shape index (κ1) is 12.4. The van der Waals surface area contributed by atoms with E-state index in [0.29, 0.717) is 12.1 Å². The summed E-state index contributed by atoms with van der Waals surface area (Å²) in [6, 6.07) is 11.6. The van der Waals surface area contributed by atoms with E-state index in [-0.39, 0.29) is 0 Å². The quantitative estimate of drug-likeness (QED) is 0.793. The first-order valence-corrected chi connectivity index (χ1v) is 6.37. The van der Waals surface area contributed by atoms with Gasteiger partial charge in [-0.1, -0.05) is 24.3 Å². The number of pyridine rings is 1. The molecule has 0 fully saturated rings. The van der Waals surface area contributed by atoms with E-state index in [1.165, 1.54) is 0 Å². The Hall–Kier alpha value is -2.62. The molecule has 0 radical (unpaired) electrons. The van der Waals surface area contributed by atoms with Gasteiger partial charge in [-0.05, 0) is 23.3 Å². The zero-order valence-corrected chi connectivity index (χ0v) is 11.1. The van der Waals surface area contributed by atoms with Crippen molar-refractivity contribution >= 4 is 16.9 Å². The van der Waals surface area contributed by atoms with Crippen molar-refractivity contribution in [1.82, 2.24) is 9.55 Å². The molecule has 0 saturated carbocycles. The molecular formula is C16H14N2O2. The molecule has 2 heterocycles. The van der Waals surface area contributed by atoms with Crippen molar-refractivity contribution in [2.45, 2.75) is 6.42 Å². The van der Waals surface area contributed by atoms with Gasteiger partial charge in [-0.25, -0.2) is 4.79 Å². The average Bonchev–Trinajstić information content (AvgIpc) is 2.74. The summed E-state index contributed by atoms with van der Waals surface area (Å²) in [6.45, 7) is 0. The smallest absolute Gasteiger partial charge is 0.352 e. The molecule has 20 heavy (non-hydrogen) atoms. The standard InChI is InChI=1S/C16H14N2O2/c1-18-14-7-3-2-6-12(14)13(15(18)16(19)20)9-11-5-4-8-17-10-11/h2-8,10H,9H2,1H3,(H,19,20). The average molecular weight is 266 g/mol. The van der Waals surface area contributed by atoms with Crippen molar-refractivity contribution in [3.8, 4) is 0 Å². The number of carboxylic acid groups (broad SMARTS) is 1. The minimum absolute atomic E-state index is 0.343. The summed E-state index contributed by atoms with van der Waals surface area (Å²) in [5, 5.41) is 10.5. The lowest BCUT2D eigenvalue weighted by Crippen LogP contribution is -2.07. The Bertz CT molecular complexity index is 776. The van der Waals surface area contributed by atoms with Gasteiger partial charge in [-0.15, -0.1) is 0 Å². The van der Waals surface area contributed by atoms with Gasteiger partial charge in [-0.2, -0.15) is 0 Å². The third kappa shape index (κ3) is 1.95. The van der Waals surface area contributed by atoms with Gasteiger partial charge >= 0.3 is 5.97 Å². The van der Waals surface area contributed by atoms with E-state index in [9.17, 15) is 9.90 Å². The number of aromatic carboxylic acids is 1. The number of carboxylic acids is 1. The van der Waals surface area contributed by atoms with E-state index in [1.54, 1.807) is 24.0 Å². The fraction of sp³-hybridized carbons (Fsp3) is 0.125. The summed E-state index contributed by atoms with van der Waals surface area (Å²) in [4.78, 5) is 15.7. The maximum absolute atomic E-state index is 11.6. The minimum atomic E-state index is -0.900. The van der Waals surface area contributed by atoms with Gasteiger partial charge in [0, 0.05) is 36.8 Å². The molecule has 1 aromatic carbocycles. The van der Waals surface area contributed by atoms with Gasteiger partial charge in [0.05, 0.1) is 0 Å². The number of benzene rings is 1. The number of hydrogen-bond donors (Lipinski definition) is 1. The molecule has 0 aliphatic rings. The molecule has 0 saturated heterocycles. The van der Waals surface area contributed by atoms with E-state index in [2.05, 4.69) is 4.98 Å². The summed E-state index contributed by atoms with van der Waals surface area (Å²) < 4.78 is 1.74. The summed E-state index contributed by atoms with van der Waals surface area (Å²) in [5.74, 6) is -0.900. The first-order chi connectivity index (χ1) is 9.68. The number of aryl methyl sites for hydroxylation is 1. The van der Waals surface area contributed by atoms with E-state index in [1.807, 2.05) is 36.4 Å². The van der Waals surface area contributed by atoms with Gasteiger partial charge in [0.15, 0.2) is 0 Å². The fourth-order valence-electron chi connectivity index (χ4n) is 2.63. The molecule has 4 nitrogen and oxygen atoms in total. The van der Waals surface area contributed by atoms with Crippen LogP contribution >= 0.6 is 0 Å². The van der Waals surface area contributed by atoms with Crippen LogP contribution in [0.2, 0.25) is 0 Å². The van der Waals surface area contributed by atoms with E-state index in [0.717, 1.165) is 22.0 Å². The van der Waals surface area contributed by atoms with Crippen molar-refractivity contribution in [2.24, 2.45) is 7.05 Å². The van der Waals surface area contributed by atoms with Crippen LogP contribution in [0.1, 0.15) is 21.6 Å². The zero-order chi connectivity index (χ0) is 14.1. The maximum Gasteiger partial charge on any atom is 0.352 e. The van der Waals surface area contributed by atoms with Crippen LogP contribution in [0.5, 0.6) is 0 Å². The molecule has 4 heteroatoms. The van der Waals surface area contributed by atoms with Gasteiger partial charge < -0.3 is 9.67 Å². The number of nitrogens with zero attached hydrogens (tertiary/aromatic N) is 2. The molecule has 0 spiro atoms. The first-order valence-electron chi connectivity index (χ1n) is 6.37. The van der Waals surface area contributed by atoms with Crippen LogP contribution in [-0.2, 0) is 13.5 Å². The van der Waals surface area contributed by atoms with Gasteiger partial charge in [0.1, 0.15) is 5.69 Å². The molecule has 0 bridgehead atoms. The van der Waals surface area contributed by atoms with Crippen molar-refractivity contribution in [3.05, 3.63) is 65.6 Å². The Kier molecular flexibility index (Phi) is 2.99. The molecule has 3 rings (SSSR count). The van der Waals surface area contributed by atoms with Crippen LogP contribution in [0.25, 0.3) is 10.9 Å². The topological polar surface area (TPSA) is 55.1 Å². The molecule has 0 atom stereocenters. The second-order valence-electron chi connectivity index (χ2n) is 4.75. The second-order valence-corrected chi connectivity index (χ2v) is 4.75. The highest BCUT2D eigenvalue weighted by Gasteiger charge is 2.20. The Morgan fingerprint density at radius 2 is 2.05 bits per heavy atom. The van der Waals surface area contributed by atoms with Crippen LogP contribution in [0.15, 0.2) is 48.8 Å². The highest BCUT2D eigenvalue weighted by atomic mass is 16.4. The molecule has 0 amide bonds. The number of para-hydroxylation sites is 1. The summed E-state index contributed by atoms with van der Waals surface area (Å²) in [6.07, 6.45) is 4.05. The van der Waals surface area contributed by atoms with Gasteiger partial charge in [0.25, 0.3) is 0 Å². The number of carbonyl (C=O) groups is 1. The van der Waals surface area contributed by atoms with E-state index in [4.69, 9.17) is 0 Å². The third-order valence-electron chi connectivity index (χ3n) is 3.52. The van der Waals surface area contributed by atoms with Crippen LogP contribution < -0.4 is 0 Å². The predicted molar refractivity (Wildman–Crippen MR) is 76.9 cm³/mol. The van der Waals surface area contributed by atoms with Crippen LogP contribution in [0.3, 0.4) is 0 Å². The molecular weight excluding hydrogens is 252 g/mol. The summed E-state index contributed by atoms with van der Waals surface area (Å²) in [5.41, 5.74) is 3.12. The Morgan fingerprint density at radius 3 is 2.75 bits per heavy atom. The number of hydrogen-bond acceptors (Lipinski definition) is 2. The van der Waals surface area contributed by atoms with Crippen LogP contribution in [0, 0.1) is 0 Å². The molecule has 2 aromatic heterocycles. The van der Waals surface area contributed by atoms with E-state index < -0.39 is 5.97 Å². The van der Waals surface area contributed by atoms with Crippen molar-refractivity contribution in [1.29, 1.82) is 0 Å². The van der Waals surface area contributed by atoms with Crippen molar-refractivity contribution < 1.29 is 9.90 Å². The summed E-state index contributed by atoms with van der Waals surface area (Å²) >= 11 is 0. The molecule has 3 aromatic rings. The van der Waals surface area contributed by atoms with Gasteiger partial charge in [-0.3, -0.25) is 4.98 Å². The molecule has 0 unspecified atom stereocenters. The highest BCUT2D eigenvalue weighted by Crippen LogP contribution is 2.27. The van der Waals surface area contributed by atoms with Crippen molar-refractivity contribution in [3.63, 3.8) is 0 Å². The zero-order valence-electron chi connectivity index (χ0n) is 11.1. The largest absolute Gasteiger partial charge is 0.477 e. The predicted octanol–water partition coefficient (Wildman–Crippen LogP) is 2.86. The fourth-order valence-corrected chi connectivity index (χ4v) is 2.63. The molecule has 100 valence electrons. The maximum atomic E-state index is 11.6. The van der Waals surface area contributed by atoms with Crippen LogP contribution in [-0.4, -0.2) is 20.6 Å². The number of fused-ring (bicyclic) bond motifs is 1. The lowest BCUT2D eigenvalue weighted by Gasteiger charge is -2.03. The normalized spacial score (nSPS) is 10.8. The second kappa shape index (κ2) is 4.81. The lowest BCUT2D eigenvalue weighted by molar-refractivity contribution is 0.0686. The minimum Gasteiger partial charge on any atom is -0.477 e. The van der Waals surface area contributed by atoms with Crippen LogP contribution in [0.4, 0.5) is 0 Å². The Balaban J connectivity index is 2.22. The molecule has 1 N–H and O–H groups in total. The Morgan fingerprint density at radius 1 is 1.25 bits per heavy atom. The Labute approximate surface area is 116 Å². The van der Waals surface area contributed by atoms with Gasteiger partial charge in [0.2, 0.25) is 0 Å². The monoisotopic (exact) mass is 266 g/mol. The highest BCUT2D eigenvalue weighted by molar-refractivity contribution is 5.98. The van der Waals surface area contributed by atoms with Crippen molar-refractivity contribution in [2.75, 3.05) is 0 Å². The summed E-state index contributed by atoms with van der Waals surface area (Å²) in [7, 11) is 1.79. The number of rotatable bonds is 3. The van der Waals surface area contributed by atoms with E-state index >= 15 is 0 Å². The molecule has 0 aliphatic heterocycles. The molecule has 0 aliphatic carbocycles. The third-order valence-corrected chi connectivity index (χ3v) is 3.52. The number of aromatic nitrogens is 2. The lowest BCUT2D eigenvalue weighted by atomic mass is 10.0.